The number of aromatic nitrogens is 2. The summed E-state index contributed by atoms with van der Waals surface area (Å²) in [5.74, 6) is 0.935. The second kappa shape index (κ2) is 7.31. The van der Waals surface area contributed by atoms with Crippen LogP contribution in [-0.4, -0.2) is 9.97 Å². The van der Waals surface area contributed by atoms with Gasteiger partial charge >= 0.3 is 0 Å². The van der Waals surface area contributed by atoms with E-state index in [0.717, 1.165) is 47.4 Å². The number of pyridine rings is 2. The smallest absolute Gasteiger partial charge is 0.127 e. The fourth-order valence-electron chi connectivity index (χ4n) is 3.91. The van der Waals surface area contributed by atoms with Crippen LogP contribution in [-0.2, 0) is 13.0 Å². The van der Waals surface area contributed by atoms with Crippen molar-refractivity contribution in [1.29, 1.82) is 0 Å². The minimum Gasteiger partial charge on any atom is -0.381 e. The minimum absolute atomic E-state index is 0.349. The van der Waals surface area contributed by atoms with Gasteiger partial charge in [-0.05, 0) is 65.9 Å². The van der Waals surface area contributed by atoms with Crippen molar-refractivity contribution in [3.63, 3.8) is 0 Å². The number of nitrogens with zero attached hydrogens (tertiary/aromatic N) is 2. The molecule has 4 heteroatoms. The summed E-state index contributed by atoms with van der Waals surface area (Å²) in [6.45, 7) is 0.757. The summed E-state index contributed by atoms with van der Waals surface area (Å²) in [5.41, 5.74) is 6.10. The number of fused-ring (bicyclic) bond motifs is 2. The Hall–Kier alpha value is -3.40. The Morgan fingerprint density at radius 1 is 0.964 bits per heavy atom. The minimum atomic E-state index is 0.349. The van der Waals surface area contributed by atoms with E-state index < -0.39 is 0 Å². The molecule has 0 spiro atoms. The van der Waals surface area contributed by atoms with Crippen LogP contribution in [0, 0.1) is 0 Å². The van der Waals surface area contributed by atoms with Crippen LogP contribution >= 0.6 is 0 Å². The van der Waals surface area contributed by atoms with Crippen molar-refractivity contribution in [1.82, 2.24) is 9.97 Å². The summed E-state index contributed by atoms with van der Waals surface area (Å²) in [5, 5.41) is 8.20. The number of nitrogens with one attached hydrogen (secondary N) is 2. The van der Waals surface area contributed by atoms with E-state index in [2.05, 4.69) is 76.3 Å². The van der Waals surface area contributed by atoms with E-state index in [1.165, 1.54) is 11.1 Å². The number of anilines is 2. The molecule has 0 aliphatic heterocycles. The maximum atomic E-state index is 4.82. The van der Waals surface area contributed by atoms with Gasteiger partial charge in [-0.1, -0.05) is 30.3 Å². The van der Waals surface area contributed by atoms with Crippen LogP contribution < -0.4 is 10.6 Å². The van der Waals surface area contributed by atoms with Gasteiger partial charge in [0, 0.05) is 30.0 Å². The molecule has 0 unspecified atom stereocenters. The Kier molecular flexibility index (Phi) is 4.37. The van der Waals surface area contributed by atoms with E-state index in [-0.39, 0.29) is 0 Å². The first-order valence-corrected chi connectivity index (χ1v) is 9.73. The highest BCUT2D eigenvalue weighted by Crippen LogP contribution is 2.33. The van der Waals surface area contributed by atoms with Crippen molar-refractivity contribution in [3.8, 4) is 0 Å². The van der Waals surface area contributed by atoms with Gasteiger partial charge in [-0.3, -0.25) is 4.98 Å². The molecule has 4 aromatic rings. The molecule has 0 saturated carbocycles. The van der Waals surface area contributed by atoms with Gasteiger partial charge in [0.15, 0.2) is 0 Å². The molecule has 1 atom stereocenters. The molecule has 2 N–H and O–H groups in total. The molecule has 2 aromatic heterocycles. The van der Waals surface area contributed by atoms with Crippen LogP contribution in [0.3, 0.4) is 0 Å². The highest BCUT2D eigenvalue weighted by molar-refractivity contribution is 5.83. The molecule has 0 bridgehead atoms. The van der Waals surface area contributed by atoms with Crippen molar-refractivity contribution >= 4 is 22.4 Å². The topological polar surface area (TPSA) is 49.8 Å². The Morgan fingerprint density at radius 3 is 2.86 bits per heavy atom. The van der Waals surface area contributed by atoms with Crippen LogP contribution in [0.4, 0.5) is 11.5 Å². The van der Waals surface area contributed by atoms with Crippen molar-refractivity contribution in [3.05, 3.63) is 95.8 Å². The maximum Gasteiger partial charge on any atom is 0.127 e. The number of aryl methyl sites for hydroxylation is 1. The Morgan fingerprint density at radius 2 is 1.93 bits per heavy atom. The van der Waals surface area contributed by atoms with E-state index in [4.69, 9.17) is 4.98 Å². The van der Waals surface area contributed by atoms with Gasteiger partial charge in [0.2, 0.25) is 0 Å². The molecular formula is C24H22N4. The lowest BCUT2D eigenvalue weighted by molar-refractivity contribution is 0.758. The van der Waals surface area contributed by atoms with Gasteiger partial charge in [0.05, 0.1) is 11.6 Å². The first-order chi connectivity index (χ1) is 13.8. The molecule has 5 rings (SSSR count). The predicted octanol–water partition coefficient (Wildman–Crippen LogP) is 5.34. The molecular weight excluding hydrogens is 344 g/mol. The Balaban J connectivity index is 1.31. The first kappa shape index (κ1) is 16.8. The molecule has 0 amide bonds. The summed E-state index contributed by atoms with van der Waals surface area (Å²) in [7, 11) is 0. The van der Waals surface area contributed by atoms with Crippen molar-refractivity contribution in [2.45, 2.75) is 25.4 Å². The number of hydrogen-bond acceptors (Lipinski definition) is 4. The number of benzene rings is 2. The fourth-order valence-corrected chi connectivity index (χ4v) is 3.91. The Bertz CT molecular complexity index is 1110. The summed E-state index contributed by atoms with van der Waals surface area (Å²) in [4.78, 5) is 8.98. The lowest BCUT2D eigenvalue weighted by Crippen LogP contribution is -2.08. The van der Waals surface area contributed by atoms with Gasteiger partial charge in [0.25, 0.3) is 0 Å². The zero-order valence-corrected chi connectivity index (χ0v) is 15.6. The zero-order valence-electron chi connectivity index (χ0n) is 15.6. The third-order valence-corrected chi connectivity index (χ3v) is 5.36. The predicted molar refractivity (Wildman–Crippen MR) is 114 cm³/mol. The molecule has 0 saturated heterocycles. The molecule has 2 aromatic carbocycles. The van der Waals surface area contributed by atoms with Crippen molar-refractivity contribution in [2.75, 3.05) is 10.6 Å². The van der Waals surface area contributed by atoms with Gasteiger partial charge in [-0.15, -0.1) is 0 Å². The van der Waals surface area contributed by atoms with Gasteiger partial charge < -0.3 is 10.6 Å². The standard InChI is InChI=1S/C24H22N4/c1-2-6-21-18(5-1)7-10-23(21)28-24-12-8-19-14-20(9-11-22(19)27-24)26-16-17-4-3-13-25-15-17/h1-6,8-9,11-15,23,26H,7,10,16H2,(H,27,28)/t23-/m1/s1. The summed E-state index contributed by atoms with van der Waals surface area (Å²) in [6, 6.07) is 23.6. The average Bonchev–Trinajstić information content (AvgIpc) is 3.16. The third kappa shape index (κ3) is 3.41. The zero-order chi connectivity index (χ0) is 18.8. The molecule has 28 heavy (non-hydrogen) atoms. The van der Waals surface area contributed by atoms with Crippen molar-refractivity contribution < 1.29 is 0 Å². The van der Waals surface area contributed by atoms with Gasteiger partial charge in [0.1, 0.15) is 5.82 Å². The summed E-state index contributed by atoms with van der Waals surface area (Å²) in [6.07, 6.45) is 5.93. The Labute approximate surface area is 164 Å². The van der Waals surface area contributed by atoms with E-state index in [1.807, 2.05) is 12.3 Å². The van der Waals surface area contributed by atoms with Crippen molar-refractivity contribution in [2.24, 2.45) is 0 Å². The second-order valence-electron chi connectivity index (χ2n) is 7.25. The molecule has 4 nitrogen and oxygen atoms in total. The summed E-state index contributed by atoms with van der Waals surface area (Å²) < 4.78 is 0. The SMILES string of the molecule is c1cncc(CNc2ccc3nc(N[C@@H]4CCc5ccccc54)ccc3c2)c1. The van der Waals surface area contributed by atoms with E-state index in [1.54, 1.807) is 6.20 Å². The van der Waals surface area contributed by atoms with Gasteiger partial charge in [-0.25, -0.2) is 4.98 Å². The number of rotatable bonds is 5. The number of hydrogen-bond donors (Lipinski definition) is 2. The van der Waals surface area contributed by atoms with Crippen LogP contribution in [0.1, 0.15) is 29.2 Å². The lowest BCUT2D eigenvalue weighted by Gasteiger charge is -2.15. The molecule has 138 valence electrons. The molecule has 0 fully saturated rings. The highest BCUT2D eigenvalue weighted by Gasteiger charge is 2.21. The van der Waals surface area contributed by atoms with E-state index in [0.29, 0.717) is 6.04 Å². The monoisotopic (exact) mass is 366 g/mol. The third-order valence-electron chi connectivity index (χ3n) is 5.36. The molecule has 0 radical (unpaired) electrons. The van der Waals surface area contributed by atoms with Crippen LogP contribution in [0.15, 0.2) is 79.1 Å². The van der Waals surface area contributed by atoms with Crippen LogP contribution in [0.2, 0.25) is 0 Å². The van der Waals surface area contributed by atoms with E-state index >= 15 is 0 Å². The highest BCUT2D eigenvalue weighted by atomic mass is 15.0. The second-order valence-corrected chi connectivity index (χ2v) is 7.25. The largest absolute Gasteiger partial charge is 0.381 e. The summed E-state index contributed by atoms with van der Waals surface area (Å²) >= 11 is 0. The fraction of sp³-hybridized carbons (Fsp3) is 0.167. The molecule has 1 aliphatic rings. The average molecular weight is 366 g/mol. The van der Waals surface area contributed by atoms with Gasteiger partial charge in [-0.2, -0.15) is 0 Å². The molecule has 2 heterocycles. The van der Waals surface area contributed by atoms with E-state index in [9.17, 15) is 0 Å². The van der Waals surface area contributed by atoms with Crippen LogP contribution in [0.25, 0.3) is 10.9 Å². The molecule has 1 aliphatic carbocycles. The lowest BCUT2D eigenvalue weighted by atomic mass is 10.1. The first-order valence-electron chi connectivity index (χ1n) is 9.73. The maximum absolute atomic E-state index is 4.82. The van der Waals surface area contributed by atoms with Crippen LogP contribution in [0.5, 0.6) is 0 Å². The normalized spacial score (nSPS) is 15.4. The quantitative estimate of drug-likeness (QED) is 0.500.